The molecule has 3 rings (SSSR count). The molecule has 0 aromatic heterocycles. The van der Waals surface area contributed by atoms with Crippen molar-refractivity contribution in [1.82, 2.24) is 5.32 Å². The van der Waals surface area contributed by atoms with Gasteiger partial charge in [0.05, 0.1) is 16.3 Å². The number of rotatable bonds is 4. The fourth-order valence-electron chi connectivity index (χ4n) is 2.23. The summed E-state index contributed by atoms with van der Waals surface area (Å²) in [5.74, 6) is -0.717. The molecule has 26 heavy (non-hydrogen) atoms. The maximum atomic E-state index is 12.1. The quantitative estimate of drug-likeness (QED) is 0.459. The Morgan fingerprint density at radius 2 is 1.96 bits per heavy atom. The van der Waals surface area contributed by atoms with Crippen molar-refractivity contribution >= 4 is 58.2 Å². The number of carbonyl (C=O) groups is 3. The van der Waals surface area contributed by atoms with E-state index in [4.69, 9.17) is 27.9 Å². The number of nitrogens with one attached hydrogen (secondary N) is 1. The van der Waals surface area contributed by atoms with Crippen LogP contribution in [0.3, 0.4) is 0 Å². The van der Waals surface area contributed by atoms with E-state index in [1.165, 1.54) is 12.1 Å². The predicted molar refractivity (Wildman–Crippen MR) is 101 cm³/mol. The normalized spacial score (nSPS) is 15.2. The highest BCUT2D eigenvalue weighted by Crippen LogP contribution is 2.30. The fraction of sp³-hybridized carbons (Fsp3) is 0.0556. The first kappa shape index (κ1) is 18.5. The molecule has 1 aliphatic rings. The zero-order valence-corrected chi connectivity index (χ0v) is 15.5. The van der Waals surface area contributed by atoms with Crippen LogP contribution in [0.15, 0.2) is 47.4 Å². The molecule has 1 saturated heterocycles. The molecule has 1 aliphatic heterocycles. The van der Waals surface area contributed by atoms with Crippen LogP contribution < -0.4 is 10.1 Å². The topological polar surface area (TPSA) is 72.5 Å². The van der Waals surface area contributed by atoms with Crippen LogP contribution in [-0.4, -0.2) is 17.1 Å². The van der Waals surface area contributed by atoms with Crippen LogP contribution in [0.4, 0.5) is 4.79 Å². The zero-order valence-electron chi connectivity index (χ0n) is 13.1. The number of imide groups is 1. The second kappa shape index (κ2) is 7.95. The SMILES string of the molecule is O=C(Cc1cccc(Cl)c1)Oc1ccc(C=C2SC(=O)NC2=O)cc1Cl. The number of carbonyl (C=O) groups excluding carboxylic acids is 3. The van der Waals surface area contributed by atoms with Gasteiger partial charge in [0.25, 0.3) is 11.1 Å². The molecule has 2 aromatic carbocycles. The number of esters is 1. The summed E-state index contributed by atoms with van der Waals surface area (Å²) in [7, 11) is 0. The van der Waals surface area contributed by atoms with E-state index in [1.807, 2.05) is 0 Å². The molecule has 0 radical (unpaired) electrons. The minimum absolute atomic E-state index is 0.0572. The first-order valence-corrected chi connectivity index (χ1v) is 8.97. The lowest BCUT2D eigenvalue weighted by Crippen LogP contribution is -2.17. The molecule has 1 fully saturated rings. The van der Waals surface area contributed by atoms with Gasteiger partial charge in [0.2, 0.25) is 0 Å². The van der Waals surface area contributed by atoms with Crippen molar-refractivity contribution in [3.8, 4) is 5.75 Å². The molecule has 1 heterocycles. The monoisotopic (exact) mass is 407 g/mol. The number of thioether (sulfide) groups is 1. The Kier molecular flexibility index (Phi) is 5.66. The Morgan fingerprint density at radius 1 is 1.15 bits per heavy atom. The van der Waals surface area contributed by atoms with Gasteiger partial charge in [0.15, 0.2) is 0 Å². The van der Waals surface area contributed by atoms with Gasteiger partial charge in [-0.3, -0.25) is 19.7 Å². The van der Waals surface area contributed by atoms with E-state index in [2.05, 4.69) is 5.32 Å². The molecule has 0 bridgehead atoms. The molecular weight excluding hydrogens is 397 g/mol. The largest absolute Gasteiger partial charge is 0.425 e. The smallest absolute Gasteiger partial charge is 0.315 e. The van der Waals surface area contributed by atoms with Crippen molar-refractivity contribution < 1.29 is 19.1 Å². The second-order valence-corrected chi connectivity index (χ2v) is 7.18. The molecule has 2 aromatic rings. The van der Waals surface area contributed by atoms with E-state index >= 15 is 0 Å². The molecular formula is C18H11Cl2NO4S. The van der Waals surface area contributed by atoms with Gasteiger partial charge in [-0.05, 0) is 53.2 Å². The van der Waals surface area contributed by atoms with Crippen LogP contribution in [-0.2, 0) is 16.0 Å². The highest BCUT2D eigenvalue weighted by molar-refractivity contribution is 8.18. The van der Waals surface area contributed by atoms with E-state index in [0.29, 0.717) is 10.6 Å². The minimum atomic E-state index is -0.475. The van der Waals surface area contributed by atoms with Crippen molar-refractivity contribution in [3.63, 3.8) is 0 Å². The van der Waals surface area contributed by atoms with Crippen LogP contribution >= 0.6 is 35.0 Å². The number of hydrogen-bond donors (Lipinski definition) is 1. The highest BCUT2D eigenvalue weighted by atomic mass is 35.5. The Balaban J connectivity index is 1.70. The summed E-state index contributed by atoms with van der Waals surface area (Å²) in [5, 5.41) is 2.51. The van der Waals surface area contributed by atoms with Gasteiger partial charge in [-0.2, -0.15) is 0 Å². The van der Waals surface area contributed by atoms with Crippen molar-refractivity contribution in [2.75, 3.05) is 0 Å². The van der Waals surface area contributed by atoms with E-state index in [1.54, 1.807) is 36.4 Å². The molecule has 132 valence electrons. The molecule has 0 aliphatic carbocycles. The van der Waals surface area contributed by atoms with Crippen molar-refractivity contribution in [3.05, 3.63) is 68.5 Å². The Labute approximate surface area is 163 Å². The summed E-state index contributed by atoms with van der Waals surface area (Å²) in [6.07, 6.45) is 1.59. The van der Waals surface area contributed by atoms with Gasteiger partial charge >= 0.3 is 5.97 Å². The lowest BCUT2D eigenvalue weighted by Gasteiger charge is -2.07. The third-order valence-corrected chi connectivity index (χ3v) is 4.70. The van der Waals surface area contributed by atoms with Gasteiger partial charge in [0.1, 0.15) is 5.75 Å². The summed E-state index contributed by atoms with van der Waals surface area (Å²) in [6, 6.07) is 11.6. The van der Waals surface area contributed by atoms with Crippen molar-refractivity contribution in [2.45, 2.75) is 6.42 Å². The van der Waals surface area contributed by atoms with Gasteiger partial charge < -0.3 is 4.74 Å². The number of ether oxygens (including phenoxy) is 1. The minimum Gasteiger partial charge on any atom is -0.425 e. The van der Waals surface area contributed by atoms with Gasteiger partial charge in [-0.15, -0.1) is 0 Å². The maximum Gasteiger partial charge on any atom is 0.315 e. The van der Waals surface area contributed by atoms with Crippen LogP contribution in [0.2, 0.25) is 10.0 Å². The molecule has 0 atom stereocenters. The van der Waals surface area contributed by atoms with Crippen molar-refractivity contribution in [1.29, 1.82) is 0 Å². The summed E-state index contributed by atoms with van der Waals surface area (Å²) in [5.41, 5.74) is 1.34. The average Bonchev–Trinajstić information content (AvgIpc) is 2.87. The summed E-state index contributed by atoms with van der Waals surface area (Å²) in [6.45, 7) is 0. The van der Waals surface area contributed by atoms with E-state index in [-0.39, 0.29) is 22.1 Å². The third kappa shape index (κ3) is 4.66. The number of halogens is 2. The first-order valence-electron chi connectivity index (χ1n) is 7.40. The average molecular weight is 408 g/mol. The molecule has 2 amide bonds. The summed E-state index contributed by atoms with van der Waals surface area (Å²) >= 11 is 12.9. The fourth-order valence-corrected chi connectivity index (χ4v) is 3.36. The van der Waals surface area contributed by atoms with Gasteiger partial charge in [0, 0.05) is 5.02 Å². The van der Waals surface area contributed by atoms with E-state index in [0.717, 1.165) is 17.3 Å². The first-order chi connectivity index (χ1) is 12.4. The second-order valence-electron chi connectivity index (χ2n) is 5.32. The lowest BCUT2D eigenvalue weighted by molar-refractivity contribution is -0.133. The highest BCUT2D eigenvalue weighted by Gasteiger charge is 2.25. The third-order valence-electron chi connectivity index (χ3n) is 3.36. The van der Waals surface area contributed by atoms with Crippen LogP contribution in [0.1, 0.15) is 11.1 Å². The molecule has 0 saturated carbocycles. The zero-order chi connectivity index (χ0) is 18.7. The number of amides is 2. The van der Waals surface area contributed by atoms with E-state index < -0.39 is 17.1 Å². The lowest BCUT2D eigenvalue weighted by atomic mass is 10.1. The molecule has 0 unspecified atom stereocenters. The summed E-state index contributed by atoms with van der Waals surface area (Å²) < 4.78 is 5.28. The molecule has 0 spiro atoms. The Hall–Kier alpha value is -2.28. The molecule has 1 N–H and O–H groups in total. The summed E-state index contributed by atoms with van der Waals surface area (Å²) in [4.78, 5) is 35.1. The maximum absolute atomic E-state index is 12.1. The van der Waals surface area contributed by atoms with Crippen LogP contribution in [0.25, 0.3) is 6.08 Å². The molecule has 5 nitrogen and oxygen atoms in total. The number of hydrogen-bond acceptors (Lipinski definition) is 5. The van der Waals surface area contributed by atoms with Crippen LogP contribution in [0.5, 0.6) is 5.75 Å². The Bertz CT molecular complexity index is 943. The van der Waals surface area contributed by atoms with Crippen molar-refractivity contribution in [2.24, 2.45) is 0 Å². The standard InChI is InChI=1S/C18H11Cl2NO4S/c19-12-3-1-2-10(6-12)9-16(22)25-14-5-4-11(7-13(14)20)8-15-17(23)21-18(24)26-15/h1-8H,9H2,(H,21,23,24). The van der Waals surface area contributed by atoms with Crippen LogP contribution in [0, 0.1) is 0 Å². The number of benzene rings is 2. The van der Waals surface area contributed by atoms with E-state index in [9.17, 15) is 14.4 Å². The predicted octanol–water partition coefficient (Wildman–Crippen LogP) is 4.47. The van der Waals surface area contributed by atoms with Gasteiger partial charge in [-0.1, -0.05) is 41.4 Å². The molecule has 8 heteroatoms. The Morgan fingerprint density at radius 3 is 2.62 bits per heavy atom. The van der Waals surface area contributed by atoms with Gasteiger partial charge in [-0.25, -0.2) is 0 Å².